The summed E-state index contributed by atoms with van der Waals surface area (Å²) in [5, 5.41) is 4.54. The highest BCUT2D eigenvalue weighted by Gasteiger charge is 2.13. The average molecular weight is 317 g/mol. The number of hydrogen-bond acceptors (Lipinski definition) is 3. The van der Waals surface area contributed by atoms with Gasteiger partial charge < -0.3 is 4.74 Å². The van der Waals surface area contributed by atoms with E-state index in [-0.39, 0.29) is 5.91 Å². The molecular weight excluding hydrogens is 300 g/mol. The first-order chi connectivity index (χ1) is 10.5. The van der Waals surface area contributed by atoms with E-state index in [2.05, 4.69) is 10.5 Å². The molecule has 0 fully saturated rings. The molecule has 2 aromatic carbocycles. The molecule has 1 N–H and O–H groups in total. The molecule has 4 nitrogen and oxygen atoms in total. The molecule has 0 aliphatic rings. The van der Waals surface area contributed by atoms with Crippen LogP contribution in [0.2, 0.25) is 5.02 Å². The smallest absolute Gasteiger partial charge is 0.280 e. The van der Waals surface area contributed by atoms with E-state index in [4.69, 9.17) is 16.3 Å². The number of hydrogen-bond donors (Lipinski definition) is 1. The Morgan fingerprint density at radius 3 is 2.45 bits per heavy atom. The van der Waals surface area contributed by atoms with Crippen molar-refractivity contribution in [1.29, 1.82) is 0 Å². The number of carbonyl (C=O) groups excluding carboxylic acids is 1. The van der Waals surface area contributed by atoms with Gasteiger partial charge in [0.2, 0.25) is 0 Å². The number of benzene rings is 2. The van der Waals surface area contributed by atoms with Gasteiger partial charge in [-0.05, 0) is 43.7 Å². The summed E-state index contributed by atoms with van der Waals surface area (Å²) in [6.07, 6.45) is 0.933. The highest BCUT2D eigenvalue weighted by atomic mass is 35.5. The molecule has 1 amide bonds. The topological polar surface area (TPSA) is 50.7 Å². The molecule has 0 aliphatic heterocycles. The first-order valence-electron chi connectivity index (χ1n) is 6.86. The zero-order chi connectivity index (χ0) is 15.9. The van der Waals surface area contributed by atoms with Crippen molar-refractivity contribution < 1.29 is 9.53 Å². The largest absolute Gasteiger partial charge is 0.481 e. The number of ether oxygens (including phenoxy) is 1. The van der Waals surface area contributed by atoms with E-state index in [1.54, 1.807) is 37.4 Å². The van der Waals surface area contributed by atoms with Crippen molar-refractivity contribution in [3.63, 3.8) is 0 Å². The van der Waals surface area contributed by atoms with Gasteiger partial charge in [-0.1, -0.05) is 41.4 Å². The van der Waals surface area contributed by atoms with Crippen LogP contribution >= 0.6 is 11.6 Å². The molecule has 0 aliphatic carbocycles. The van der Waals surface area contributed by atoms with Crippen molar-refractivity contribution in [2.75, 3.05) is 0 Å². The normalized spacial score (nSPS) is 12.1. The number of halogens is 1. The van der Waals surface area contributed by atoms with Gasteiger partial charge in [-0.2, -0.15) is 5.10 Å². The van der Waals surface area contributed by atoms with Crippen LogP contribution < -0.4 is 10.2 Å². The van der Waals surface area contributed by atoms with Crippen LogP contribution in [0.15, 0.2) is 53.6 Å². The molecule has 114 valence electrons. The van der Waals surface area contributed by atoms with Gasteiger partial charge in [-0.25, -0.2) is 5.43 Å². The summed E-state index contributed by atoms with van der Waals surface area (Å²) in [7, 11) is 0. The standard InChI is InChI=1S/C17H17ClN2O2/c1-12-3-5-14(6-4-12)11-19-20-17(21)13(2)22-16-9-7-15(18)8-10-16/h3-11,13H,1-2H3,(H,20,21)/b19-11-/t13-/m0/s1. The van der Waals surface area contributed by atoms with Crippen LogP contribution in [0.3, 0.4) is 0 Å². The Kier molecular flexibility index (Phi) is 5.55. The highest BCUT2D eigenvalue weighted by molar-refractivity contribution is 6.30. The third-order valence-electron chi connectivity index (χ3n) is 2.96. The summed E-state index contributed by atoms with van der Waals surface area (Å²) in [4.78, 5) is 11.9. The lowest BCUT2D eigenvalue weighted by atomic mass is 10.2. The monoisotopic (exact) mass is 316 g/mol. The molecule has 0 heterocycles. The van der Waals surface area contributed by atoms with Gasteiger partial charge in [0.15, 0.2) is 6.10 Å². The fraction of sp³-hybridized carbons (Fsp3) is 0.176. The molecule has 0 saturated carbocycles. The Bertz CT molecular complexity index is 651. The summed E-state index contributed by atoms with van der Waals surface area (Å²) < 4.78 is 5.51. The zero-order valence-electron chi connectivity index (χ0n) is 12.4. The summed E-state index contributed by atoms with van der Waals surface area (Å²) in [5.74, 6) is 0.257. The van der Waals surface area contributed by atoms with E-state index in [9.17, 15) is 4.79 Å². The minimum atomic E-state index is -0.656. The second-order valence-electron chi connectivity index (χ2n) is 4.86. The highest BCUT2D eigenvalue weighted by Crippen LogP contribution is 2.16. The van der Waals surface area contributed by atoms with E-state index in [1.807, 2.05) is 31.2 Å². The second kappa shape index (κ2) is 7.61. The number of aryl methyl sites for hydroxylation is 1. The van der Waals surface area contributed by atoms with Crippen LogP contribution in [-0.2, 0) is 4.79 Å². The Balaban J connectivity index is 1.85. The molecule has 0 aromatic heterocycles. The van der Waals surface area contributed by atoms with Gasteiger partial charge in [-0.15, -0.1) is 0 Å². The lowest BCUT2D eigenvalue weighted by molar-refractivity contribution is -0.127. The fourth-order valence-corrected chi connectivity index (χ4v) is 1.81. The summed E-state index contributed by atoms with van der Waals surface area (Å²) in [6, 6.07) is 14.7. The minimum Gasteiger partial charge on any atom is -0.481 e. The maximum absolute atomic E-state index is 11.9. The third kappa shape index (κ3) is 4.90. The van der Waals surface area contributed by atoms with E-state index in [0.29, 0.717) is 10.8 Å². The van der Waals surface area contributed by atoms with E-state index in [0.717, 1.165) is 5.56 Å². The molecule has 2 rings (SSSR count). The molecule has 0 spiro atoms. The SMILES string of the molecule is Cc1ccc(/C=N\NC(=O)[C@H](C)Oc2ccc(Cl)cc2)cc1. The van der Waals surface area contributed by atoms with Crippen molar-refractivity contribution in [3.8, 4) is 5.75 Å². The Hall–Kier alpha value is -2.33. The molecule has 0 bridgehead atoms. The van der Waals surface area contributed by atoms with Gasteiger partial charge in [0, 0.05) is 5.02 Å². The lowest BCUT2D eigenvalue weighted by Crippen LogP contribution is -2.33. The lowest BCUT2D eigenvalue weighted by Gasteiger charge is -2.12. The number of nitrogens with zero attached hydrogens (tertiary/aromatic N) is 1. The number of rotatable bonds is 5. The first kappa shape index (κ1) is 16.0. The summed E-state index contributed by atoms with van der Waals surface area (Å²) in [6.45, 7) is 3.67. The molecule has 0 saturated heterocycles. The Morgan fingerprint density at radius 1 is 1.18 bits per heavy atom. The zero-order valence-corrected chi connectivity index (χ0v) is 13.2. The van der Waals surface area contributed by atoms with Gasteiger partial charge in [-0.3, -0.25) is 4.79 Å². The number of nitrogens with one attached hydrogen (secondary N) is 1. The van der Waals surface area contributed by atoms with Crippen molar-refractivity contribution in [3.05, 3.63) is 64.7 Å². The van der Waals surface area contributed by atoms with Crippen LogP contribution in [0.1, 0.15) is 18.1 Å². The van der Waals surface area contributed by atoms with Crippen LogP contribution in [0.25, 0.3) is 0 Å². The van der Waals surface area contributed by atoms with Gasteiger partial charge in [0.05, 0.1) is 6.21 Å². The van der Waals surface area contributed by atoms with Gasteiger partial charge in [0.25, 0.3) is 5.91 Å². The van der Waals surface area contributed by atoms with Crippen LogP contribution in [0, 0.1) is 6.92 Å². The average Bonchev–Trinajstić information content (AvgIpc) is 2.51. The quantitative estimate of drug-likeness (QED) is 0.677. The van der Waals surface area contributed by atoms with Gasteiger partial charge >= 0.3 is 0 Å². The molecule has 0 radical (unpaired) electrons. The second-order valence-corrected chi connectivity index (χ2v) is 5.30. The van der Waals surface area contributed by atoms with Crippen molar-refractivity contribution in [2.24, 2.45) is 5.10 Å². The molecule has 0 unspecified atom stereocenters. The van der Waals surface area contributed by atoms with Crippen molar-refractivity contribution in [2.45, 2.75) is 20.0 Å². The fourth-order valence-electron chi connectivity index (χ4n) is 1.68. The summed E-state index contributed by atoms with van der Waals surface area (Å²) >= 11 is 5.79. The van der Waals surface area contributed by atoms with Crippen molar-refractivity contribution >= 4 is 23.7 Å². The maximum atomic E-state index is 11.9. The number of carbonyl (C=O) groups is 1. The van der Waals surface area contributed by atoms with Crippen LogP contribution in [0.5, 0.6) is 5.75 Å². The molecule has 5 heteroatoms. The molecule has 1 atom stereocenters. The number of amides is 1. The minimum absolute atomic E-state index is 0.321. The Labute approximate surface area is 134 Å². The Morgan fingerprint density at radius 2 is 1.82 bits per heavy atom. The van der Waals surface area contributed by atoms with E-state index in [1.165, 1.54) is 5.56 Å². The summed E-state index contributed by atoms with van der Waals surface area (Å²) in [5.41, 5.74) is 4.54. The van der Waals surface area contributed by atoms with Crippen LogP contribution in [0.4, 0.5) is 0 Å². The first-order valence-corrected chi connectivity index (χ1v) is 7.24. The van der Waals surface area contributed by atoms with E-state index >= 15 is 0 Å². The van der Waals surface area contributed by atoms with Crippen LogP contribution in [-0.4, -0.2) is 18.2 Å². The molecule has 22 heavy (non-hydrogen) atoms. The third-order valence-corrected chi connectivity index (χ3v) is 3.21. The predicted molar refractivity (Wildman–Crippen MR) is 88.5 cm³/mol. The maximum Gasteiger partial charge on any atom is 0.280 e. The van der Waals surface area contributed by atoms with E-state index < -0.39 is 6.10 Å². The number of hydrazone groups is 1. The van der Waals surface area contributed by atoms with Gasteiger partial charge in [0.1, 0.15) is 5.75 Å². The molecular formula is C17H17ClN2O2. The van der Waals surface area contributed by atoms with Crippen molar-refractivity contribution in [1.82, 2.24) is 5.43 Å². The molecule has 2 aromatic rings. The predicted octanol–water partition coefficient (Wildman–Crippen LogP) is 3.57.